The molecular weight excluding hydrogens is 422 g/mol. The van der Waals surface area contributed by atoms with Gasteiger partial charge in [0.2, 0.25) is 11.8 Å². The third kappa shape index (κ3) is 3.50. The number of carbonyl (C=O) groups excluding carboxylic acids is 2. The number of fused-ring (bicyclic) bond motifs is 1. The number of thiazole rings is 1. The Bertz CT molecular complexity index is 1130. The summed E-state index contributed by atoms with van der Waals surface area (Å²) >= 11 is 4.73. The van der Waals surface area contributed by atoms with Crippen LogP contribution in [0.15, 0.2) is 59.3 Å². The average molecular weight is 438 g/mol. The summed E-state index contributed by atoms with van der Waals surface area (Å²) in [6.45, 7) is 0. The fraction of sp³-hybridized carbons (Fsp3) is 0.0952. The monoisotopic (exact) mass is 437 g/mol. The van der Waals surface area contributed by atoms with E-state index in [9.17, 15) is 9.59 Å². The number of nitrogens with one attached hydrogen (secondary N) is 2. The Hall–Kier alpha value is -2.81. The number of carbonyl (C=O) groups is 2. The lowest BCUT2D eigenvalue weighted by Gasteiger charge is -2.24. The molecule has 8 heteroatoms. The predicted molar refractivity (Wildman–Crippen MR) is 120 cm³/mol. The largest absolute Gasteiger partial charge is 0.326 e. The number of hydrogen-bond acceptors (Lipinski definition) is 6. The van der Waals surface area contributed by atoms with Gasteiger partial charge in [0, 0.05) is 17.0 Å². The van der Waals surface area contributed by atoms with Crippen LogP contribution in [0.3, 0.4) is 0 Å². The number of amides is 2. The Morgan fingerprint density at radius 3 is 2.55 bits per heavy atom. The molecule has 1 aromatic carbocycles. The summed E-state index contributed by atoms with van der Waals surface area (Å²) < 4.78 is 0. The van der Waals surface area contributed by atoms with Crippen molar-refractivity contribution < 1.29 is 9.59 Å². The molecule has 0 bridgehead atoms. The molecule has 0 aliphatic carbocycles. The van der Waals surface area contributed by atoms with Gasteiger partial charge in [0.25, 0.3) is 0 Å². The molecule has 4 aromatic rings. The minimum absolute atomic E-state index is 0.129. The van der Waals surface area contributed by atoms with E-state index in [0.29, 0.717) is 10.8 Å². The van der Waals surface area contributed by atoms with Gasteiger partial charge in [-0.25, -0.2) is 4.98 Å². The maximum atomic E-state index is 13.1. The summed E-state index contributed by atoms with van der Waals surface area (Å²) in [5.74, 6) is -0.891. The molecule has 1 aliphatic rings. The summed E-state index contributed by atoms with van der Waals surface area (Å²) in [4.78, 5) is 33.1. The molecule has 0 spiro atoms. The van der Waals surface area contributed by atoms with Crippen LogP contribution in [-0.2, 0) is 9.59 Å². The molecule has 0 radical (unpaired) electrons. The van der Waals surface area contributed by atoms with Crippen LogP contribution in [0, 0.1) is 0 Å². The van der Waals surface area contributed by atoms with Gasteiger partial charge in [0.05, 0.1) is 15.7 Å². The van der Waals surface area contributed by atoms with Gasteiger partial charge in [-0.15, -0.1) is 22.7 Å². The van der Waals surface area contributed by atoms with Crippen LogP contribution in [0.25, 0.3) is 20.3 Å². The molecule has 5 rings (SSSR count). The SMILES string of the molecule is O=C1CC(C(=O)Nc2nc(-c3cccs3)c(-c3cccs3)s2)c2ccccc2N1. The highest BCUT2D eigenvalue weighted by Gasteiger charge is 2.31. The van der Waals surface area contributed by atoms with E-state index in [0.717, 1.165) is 25.9 Å². The van der Waals surface area contributed by atoms with E-state index in [1.165, 1.54) is 11.3 Å². The van der Waals surface area contributed by atoms with E-state index >= 15 is 0 Å². The van der Waals surface area contributed by atoms with Gasteiger partial charge < -0.3 is 10.6 Å². The van der Waals surface area contributed by atoms with Crippen LogP contribution >= 0.6 is 34.0 Å². The lowest BCUT2D eigenvalue weighted by molar-refractivity contribution is -0.123. The standard InChI is InChI=1S/C21H15N3O2S3/c25-17-11-13(12-5-1-2-6-14(12)22-17)20(26)24-21-23-18(15-7-3-9-27-15)19(29-21)16-8-4-10-28-16/h1-10,13H,11H2,(H,22,25)(H,23,24,26). The Morgan fingerprint density at radius 2 is 1.79 bits per heavy atom. The zero-order valence-corrected chi connectivity index (χ0v) is 17.5. The third-order valence-corrected chi connectivity index (χ3v) is 7.57. The van der Waals surface area contributed by atoms with Crippen molar-refractivity contribution in [1.82, 2.24) is 4.98 Å². The Kier molecular flexibility index (Phi) is 4.75. The predicted octanol–water partition coefficient (Wildman–Crippen LogP) is 5.66. The molecule has 144 valence electrons. The van der Waals surface area contributed by atoms with Gasteiger partial charge in [-0.05, 0) is 34.5 Å². The molecule has 1 atom stereocenters. The first kappa shape index (κ1) is 18.2. The van der Waals surface area contributed by atoms with Crippen molar-refractivity contribution in [2.24, 2.45) is 0 Å². The minimum Gasteiger partial charge on any atom is -0.326 e. The fourth-order valence-corrected chi connectivity index (χ4v) is 5.99. The number of anilines is 2. The first-order chi connectivity index (χ1) is 14.2. The van der Waals surface area contributed by atoms with Crippen LogP contribution in [0.5, 0.6) is 0 Å². The summed E-state index contributed by atoms with van der Waals surface area (Å²) in [6, 6.07) is 15.5. The molecule has 3 aromatic heterocycles. The number of aromatic nitrogens is 1. The summed E-state index contributed by atoms with van der Waals surface area (Å²) in [6.07, 6.45) is 0.129. The van der Waals surface area contributed by atoms with Gasteiger partial charge in [-0.1, -0.05) is 41.7 Å². The Morgan fingerprint density at radius 1 is 1.03 bits per heavy atom. The number of rotatable bonds is 4. The van der Waals surface area contributed by atoms with Crippen molar-refractivity contribution in [2.45, 2.75) is 12.3 Å². The molecule has 1 aliphatic heterocycles. The van der Waals surface area contributed by atoms with Crippen molar-refractivity contribution in [1.29, 1.82) is 0 Å². The maximum absolute atomic E-state index is 13.1. The molecule has 29 heavy (non-hydrogen) atoms. The van der Waals surface area contributed by atoms with Gasteiger partial charge in [-0.3, -0.25) is 9.59 Å². The lowest BCUT2D eigenvalue weighted by atomic mass is 9.90. The van der Waals surface area contributed by atoms with Gasteiger partial charge >= 0.3 is 0 Å². The number of para-hydroxylation sites is 1. The van der Waals surface area contributed by atoms with E-state index in [2.05, 4.69) is 16.7 Å². The summed E-state index contributed by atoms with van der Waals surface area (Å²) in [5, 5.41) is 10.4. The molecule has 2 amide bonds. The van der Waals surface area contributed by atoms with Crippen LogP contribution in [-0.4, -0.2) is 16.8 Å². The van der Waals surface area contributed by atoms with Crippen molar-refractivity contribution >= 4 is 56.6 Å². The maximum Gasteiger partial charge on any atom is 0.234 e. The highest BCUT2D eigenvalue weighted by atomic mass is 32.1. The van der Waals surface area contributed by atoms with E-state index in [1.807, 2.05) is 53.2 Å². The highest BCUT2D eigenvalue weighted by molar-refractivity contribution is 7.24. The van der Waals surface area contributed by atoms with E-state index in [4.69, 9.17) is 4.98 Å². The van der Waals surface area contributed by atoms with Crippen LogP contribution < -0.4 is 10.6 Å². The number of hydrogen-bond donors (Lipinski definition) is 2. The highest BCUT2D eigenvalue weighted by Crippen LogP contribution is 2.43. The molecule has 1 unspecified atom stereocenters. The van der Waals surface area contributed by atoms with Gasteiger partial charge in [0.15, 0.2) is 5.13 Å². The molecule has 0 saturated carbocycles. The smallest absolute Gasteiger partial charge is 0.234 e. The molecule has 0 saturated heterocycles. The number of nitrogens with zero attached hydrogens (tertiary/aromatic N) is 1. The van der Waals surface area contributed by atoms with Gasteiger partial charge in [-0.2, -0.15) is 0 Å². The minimum atomic E-state index is -0.528. The number of benzene rings is 1. The summed E-state index contributed by atoms with van der Waals surface area (Å²) in [5.41, 5.74) is 2.41. The van der Waals surface area contributed by atoms with Crippen molar-refractivity contribution in [3.63, 3.8) is 0 Å². The second kappa shape index (κ2) is 7.55. The zero-order chi connectivity index (χ0) is 19.8. The molecule has 2 N–H and O–H groups in total. The third-order valence-electron chi connectivity index (χ3n) is 4.67. The van der Waals surface area contributed by atoms with Crippen LogP contribution in [0.2, 0.25) is 0 Å². The lowest BCUT2D eigenvalue weighted by Crippen LogP contribution is -2.30. The van der Waals surface area contributed by atoms with Crippen molar-refractivity contribution in [3.8, 4) is 20.3 Å². The zero-order valence-electron chi connectivity index (χ0n) is 15.0. The van der Waals surface area contributed by atoms with Crippen LogP contribution in [0.1, 0.15) is 17.9 Å². The van der Waals surface area contributed by atoms with E-state index in [1.54, 1.807) is 22.7 Å². The molecular formula is C21H15N3O2S3. The first-order valence-corrected chi connectivity index (χ1v) is 11.5. The average Bonchev–Trinajstić information content (AvgIpc) is 3.47. The second-order valence-corrected chi connectivity index (χ2v) is 9.43. The Balaban J connectivity index is 1.48. The Labute approximate surface area is 179 Å². The second-order valence-electron chi connectivity index (χ2n) is 6.53. The normalized spacial score (nSPS) is 15.6. The van der Waals surface area contributed by atoms with Crippen LogP contribution in [0.4, 0.5) is 10.8 Å². The van der Waals surface area contributed by atoms with Crippen molar-refractivity contribution in [3.05, 3.63) is 64.9 Å². The topological polar surface area (TPSA) is 71.1 Å². The van der Waals surface area contributed by atoms with E-state index in [-0.39, 0.29) is 18.2 Å². The molecule has 4 heterocycles. The quantitative estimate of drug-likeness (QED) is 0.432. The fourth-order valence-electron chi connectivity index (χ4n) is 3.37. The summed E-state index contributed by atoms with van der Waals surface area (Å²) in [7, 11) is 0. The molecule has 0 fully saturated rings. The van der Waals surface area contributed by atoms with Crippen molar-refractivity contribution in [2.75, 3.05) is 10.6 Å². The first-order valence-electron chi connectivity index (χ1n) is 8.97. The number of thiophene rings is 2. The van der Waals surface area contributed by atoms with Gasteiger partial charge in [0.1, 0.15) is 5.69 Å². The molecule has 5 nitrogen and oxygen atoms in total. The van der Waals surface area contributed by atoms with E-state index < -0.39 is 5.92 Å².